The maximum Gasteiger partial charge on any atom is 0.416 e. The first-order chi connectivity index (χ1) is 36.7. The van der Waals surface area contributed by atoms with Gasteiger partial charge in [0.05, 0.1) is 50.6 Å². The van der Waals surface area contributed by atoms with E-state index in [0.29, 0.717) is 6.10 Å². The van der Waals surface area contributed by atoms with Gasteiger partial charge >= 0.3 is 55.3 Å². The summed E-state index contributed by atoms with van der Waals surface area (Å²) in [6.45, 7) is 0.838. The van der Waals surface area contributed by atoms with Crippen molar-refractivity contribution in [3.05, 3.63) is 190 Å². The number of alkyl halides is 24. The molecule has 2 nitrogen and oxygen atoms in total. The zero-order valence-corrected chi connectivity index (χ0v) is 39.9. The highest BCUT2D eigenvalue weighted by atomic mass is 19.4. The molecule has 1 fully saturated rings. The third kappa shape index (κ3) is 13.6. The maximum absolute atomic E-state index is 14.2. The molecule has 0 N–H and O–H groups in total. The van der Waals surface area contributed by atoms with Crippen molar-refractivity contribution in [2.45, 2.75) is 87.7 Å². The lowest BCUT2D eigenvalue weighted by Crippen LogP contribution is -2.75. The average molecular weight is 1170 g/mol. The summed E-state index contributed by atoms with van der Waals surface area (Å²) < 4.78 is 349. The second-order valence-corrected chi connectivity index (χ2v) is 18.5. The van der Waals surface area contributed by atoms with E-state index in [-0.39, 0.29) is 0 Å². The lowest BCUT2D eigenvalue weighted by molar-refractivity contribution is -0.669. The molecule has 27 heteroatoms. The van der Waals surface area contributed by atoms with E-state index in [2.05, 4.69) is 71.3 Å². The Bertz CT molecular complexity index is 2900. The number of ether oxygens (including phenoxy) is 1. The predicted molar refractivity (Wildman–Crippen MR) is 243 cm³/mol. The molecule has 80 heavy (non-hydrogen) atoms. The summed E-state index contributed by atoms with van der Waals surface area (Å²) in [5.74, 6) is 0.986. The lowest BCUT2D eigenvalue weighted by atomic mass is 9.12. The van der Waals surface area contributed by atoms with Crippen LogP contribution in [-0.2, 0) is 56.0 Å². The number of nitrogens with zero attached hydrogens (tertiary/aromatic N) is 1. The van der Waals surface area contributed by atoms with Crippen molar-refractivity contribution in [1.29, 1.82) is 0 Å². The minimum absolute atomic E-state index is 0.373. The minimum Gasteiger partial charge on any atom is -0.441 e. The van der Waals surface area contributed by atoms with Gasteiger partial charge in [0.2, 0.25) is 5.52 Å². The van der Waals surface area contributed by atoms with Crippen molar-refractivity contribution in [3.8, 4) is 5.88 Å². The van der Waals surface area contributed by atoms with E-state index in [1.807, 2.05) is 0 Å². The predicted octanol–water partition coefficient (Wildman–Crippen LogP) is 15.7. The molecule has 0 aliphatic heterocycles. The summed E-state index contributed by atoms with van der Waals surface area (Å²) in [6.07, 6.45) is -49.5. The molecular formula is C53H34BF24NO. The number of hydrogen-bond acceptors (Lipinski definition) is 1. The first-order valence-corrected chi connectivity index (χ1v) is 23.1. The fourth-order valence-electron chi connectivity index (χ4n) is 9.52. The van der Waals surface area contributed by atoms with Gasteiger partial charge in [-0.1, -0.05) is 91.0 Å². The molecule has 0 atom stereocenters. The fraction of sp³-hybridized carbons (Fsp3) is 0.264. The van der Waals surface area contributed by atoms with Gasteiger partial charge in [0.25, 0.3) is 0 Å². The fourth-order valence-corrected chi connectivity index (χ4v) is 9.52. The average Bonchev–Trinajstić information content (AvgIpc) is 3.98. The number of para-hydroxylation sites is 1. The monoisotopic (exact) mass is 1170 g/mol. The smallest absolute Gasteiger partial charge is 0.416 e. The van der Waals surface area contributed by atoms with Gasteiger partial charge in [0.1, 0.15) is 12.2 Å². The molecule has 428 valence electrons. The summed E-state index contributed by atoms with van der Waals surface area (Å²) in [5.41, 5.74) is -27.7. The Morgan fingerprint density at radius 1 is 0.350 bits per heavy atom. The highest BCUT2D eigenvalue weighted by molar-refractivity contribution is 7.20. The Morgan fingerprint density at radius 2 is 0.637 bits per heavy atom. The second-order valence-electron chi connectivity index (χ2n) is 18.5. The van der Waals surface area contributed by atoms with Crippen LogP contribution in [0.15, 0.2) is 140 Å². The van der Waals surface area contributed by atoms with E-state index < -0.39 is 195 Å². The normalized spacial score (nSPS) is 14.6. The van der Waals surface area contributed by atoms with Crippen molar-refractivity contribution < 1.29 is 115 Å². The zero-order chi connectivity index (χ0) is 59.4. The molecule has 6 aromatic carbocycles. The van der Waals surface area contributed by atoms with Crippen molar-refractivity contribution in [1.82, 2.24) is 0 Å². The third-order valence-electron chi connectivity index (χ3n) is 13.1. The van der Waals surface area contributed by atoms with Gasteiger partial charge in [-0.3, -0.25) is 0 Å². The molecule has 1 heterocycles. The van der Waals surface area contributed by atoms with Gasteiger partial charge in [-0.25, -0.2) is 0 Å². The molecule has 0 radical (unpaired) electrons. The summed E-state index contributed by atoms with van der Waals surface area (Å²) in [4.78, 5) is 0. The van der Waals surface area contributed by atoms with E-state index in [0.717, 1.165) is 12.4 Å². The van der Waals surface area contributed by atoms with Crippen molar-refractivity contribution in [2.24, 2.45) is 0 Å². The van der Waals surface area contributed by atoms with Crippen molar-refractivity contribution in [3.63, 3.8) is 0 Å². The van der Waals surface area contributed by atoms with Crippen LogP contribution >= 0.6 is 0 Å². The Kier molecular flexibility index (Phi) is 16.2. The largest absolute Gasteiger partial charge is 0.441 e. The number of hydrogen-bond donors (Lipinski definition) is 0. The minimum atomic E-state index is -6.13. The van der Waals surface area contributed by atoms with Crippen LogP contribution in [-0.4, -0.2) is 12.2 Å². The van der Waals surface area contributed by atoms with Crippen LogP contribution in [0.3, 0.4) is 0 Å². The molecule has 8 rings (SSSR count). The summed E-state index contributed by atoms with van der Waals surface area (Å²) >= 11 is 0. The van der Waals surface area contributed by atoms with Crippen LogP contribution in [0.5, 0.6) is 5.88 Å². The second kappa shape index (κ2) is 21.4. The van der Waals surface area contributed by atoms with Gasteiger partial charge in [-0.2, -0.15) is 132 Å². The van der Waals surface area contributed by atoms with Gasteiger partial charge in [0.15, 0.2) is 6.54 Å². The van der Waals surface area contributed by atoms with E-state index >= 15 is 0 Å². The first kappa shape index (κ1) is 60.6. The molecule has 1 aliphatic carbocycles. The Balaban J connectivity index is 0.000000329. The maximum atomic E-state index is 14.2. The van der Waals surface area contributed by atoms with Crippen LogP contribution < -0.4 is 31.2 Å². The molecule has 0 saturated heterocycles. The Morgan fingerprint density at radius 3 is 0.938 bits per heavy atom. The highest BCUT2D eigenvalue weighted by Crippen LogP contribution is 2.42. The molecule has 0 amide bonds. The molecule has 1 aromatic heterocycles. The molecule has 1 saturated carbocycles. The molecule has 0 bridgehead atoms. The molecule has 0 unspecified atom stereocenters. The van der Waals surface area contributed by atoms with Crippen LogP contribution in [0.1, 0.15) is 75.8 Å². The molecule has 7 aromatic rings. The zero-order valence-electron chi connectivity index (χ0n) is 39.9. The van der Waals surface area contributed by atoms with Crippen LogP contribution in [0, 0.1) is 0 Å². The number of pyridine rings is 1. The molecular weight excluding hydrogens is 1130 g/mol. The van der Waals surface area contributed by atoms with Gasteiger partial charge < -0.3 is 4.74 Å². The number of rotatable bonds is 8. The third-order valence-corrected chi connectivity index (χ3v) is 13.1. The van der Waals surface area contributed by atoms with Crippen LogP contribution in [0.25, 0.3) is 10.9 Å². The van der Waals surface area contributed by atoms with Gasteiger partial charge in [-0.05, 0) is 62.1 Å². The standard InChI is InChI=1S/C32H12BF24.C21H22NO/c34-25(35,36)13-1-14(26(37,38)39)6-21(5-13)33(22-7-15(27(40,41)42)2-16(8-22)28(43,44)45,23-9-17(29(46,47)48)3-18(10-23)30(49,50)51)24-11-19(31(52,53)54)4-20(12-24)32(55,56)57;1-2-8-17(9-3-1)16-22-20-13-7-4-10-18(20)14-15-21(22)23-19-11-5-6-12-19/h1-12H;1-4,7-10,13-15,19H,5-6,11-12,16H2/q-1;+1. The highest BCUT2D eigenvalue weighted by Gasteiger charge is 2.47. The molecule has 0 spiro atoms. The number of benzene rings is 6. The van der Waals surface area contributed by atoms with Crippen molar-refractivity contribution in [2.75, 3.05) is 0 Å². The Hall–Kier alpha value is -7.09. The number of halogens is 24. The number of aromatic nitrogens is 1. The van der Waals surface area contributed by atoms with Crippen molar-refractivity contribution >= 4 is 38.9 Å². The summed E-state index contributed by atoms with van der Waals surface area (Å²) in [7, 11) is 0. The van der Waals surface area contributed by atoms with E-state index in [1.54, 1.807) is 0 Å². The topological polar surface area (TPSA) is 13.1 Å². The van der Waals surface area contributed by atoms with E-state index in [4.69, 9.17) is 4.74 Å². The lowest BCUT2D eigenvalue weighted by Gasteiger charge is -2.46. The number of fused-ring (bicyclic) bond motifs is 1. The first-order valence-electron chi connectivity index (χ1n) is 23.1. The summed E-state index contributed by atoms with van der Waals surface area (Å²) in [5, 5.41) is 1.25. The van der Waals surface area contributed by atoms with Crippen LogP contribution in [0.4, 0.5) is 105 Å². The van der Waals surface area contributed by atoms with Gasteiger partial charge in [-0.15, -0.1) is 0 Å². The summed E-state index contributed by atoms with van der Waals surface area (Å²) in [6, 6.07) is 14.6. The molecule has 1 aliphatic rings. The SMILES string of the molecule is FC(F)(F)c1cc([B-](c2cc(C(F)(F)F)cc(C(F)(F)F)c2)(c2cc(C(F)(F)F)cc(C(F)(F)F)c2)c2cc(C(F)(F)F)cc(C(F)(F)F)c2)cc(C(F)(F)F)c1.c1ccc(C[n+]2c(OC3CCCC3)ccc3ccccc32)cc1. The van der Waals surface area contributed by atoms with Gasteiger partial charge in [0, 0.05) is 17.0 Å². The van der Waals surface area contributed by atoms with E-state index in [1.165, 1.54) is 42.1 Å². The quantitative estimate of drug-likeness (QED) is 0.0840. The van der Waals surface area contributed by atoms with E-state index in [9.17, 15) is 105 Å². The Labute approximate surface area is 436 Å². The van der Waals surface area contributed by atoms with Crippen LogP contribution in [0.2, 0.25) is 0 Å².